The van der Waals surface area contributed by atoms with Crippen molar-refractivity contribution in [2.45, 2.75) is 0 Å². The second kappa shape index (κ2) is 3.29. The fourth-order valence-electron chi connectivity index (χ4n) is 0.854. The van der Waals surface area contributed by atoms with Crippen LogP contribution < -0.4 is 10.5 Å². The first-order valence-corrected chi connectivity index (χ1v) is 3.75. The third-order valence-electron chi connectivity index (χ3n) is 1.48. The number of ether oxygens (including phenoxy) is 1. The lowest BCUT2D eigenvalue weighted by Gasteiger charge is -1.93. The Morgan fingerprint density at radius 2 is 2.14 bits per heavy atom. The highest BCUT2D eigenvalue weighted by Crippen LogP contribution is 2.19. The van der Waals surface area contributed by atoms with Crippen molar-refractivity contribution < 1.29 is 9.15 Å². The van der Waals surface area contributed by atoms with E-state index in [1.807, 2.05) is 0 Å². The van der Waals surface area contributed by atoms with E-state index >= 15 is 0 Å². The van der Waals surface area contributed by atoms with Gasteiger partial charge < -0.3 is 14.9 Å². The van der Waals surface area contributed by atoms with Gasteiger partial charge in [-0.1, -0.05) is 0 Å². The van der Waals surface area contributed by atoms with E-state index < -0.39 is 0 Å². The van der Waals surface area contributed by atoms with Gasteiger partial charge in [0.15, 0.2) is 5.69 Å². The fourth-order valence-corrected chi connectivity index (χ4v) is 0.854. The Balaban J connectivity index is 2.34. The van der Waals surface area contributed by atoms with E-state index in [0.717, 1.165) is 0 Å². The van der Waals surface area contributed by atoms with Crippen LogP contribution in [0.15, 0.2) is 16.8 Å². The second-order valence-electron chi connectivity index (χ2n) is 2.39. The number of hydrogen-bond acceptors (Lipinski definition) is 7. The zero-order valence-electron chi connectivity index (χ0n) is 7.34. The van der Waals surface area contributed by atoms with E-state index in [0.29, 0.717) is 17.5 Å². The van der Waals surface area contributed by atoms with Crippen LogP contribution in [-0.2, 0) is 0 Å². The van der Waals surface area contributed by atoms with Gasteiger partial charge in [-0.15, -0.1) is 10.2 Å². The molecule has 2 aromatic heterocycles. The smallest absolute Gasteiger partial charge is 0.305 e. The van der Waals surface area contributed by atoms with E-state index in [1.54, 1.807) is 0 Å². The maximum atomic E-state index is 5.28. The highest BCUT2D eigenvalue weighted by molar-refractivity contribution is 5.44. The molecule has 0 aliphatic carbocycles. The Morgan fingerprint density at radius 1 is 1.29 bits per heavy atom. The van der Waals surface area contributed by atoms with Crippen molar-refractivity contribution in [3.63, 3.8) is 0 Å². The summed E-state index contributed by atoms with van der Waals surface area (Å²) in [6.07, 6.45) is 2.86. The summed E-state index contributed by atoms with van der Waals surface area (Å²) in [5, 5.41) is 7.31. The summed E-state index contributed by atoms with van der Waals surface area (Å²) in [6, 6.07) is 0. The molecule has 2 aromatic rings. The molecular formula is C7H7N5O2. The summed E-state index contributed by atoms with van der Waals surface area (Å²) in [5.74, 6) is 0.702. The topological polar surface area (TPSA) is 100.0 Å². The van der Waals surface area contributed by atoms with Crippen LogP contribution in [0.1, 0.15) is 0 Å². The van der Waals surface area contributed by atoms with E-state index in [2.05, 4.69) is 20.2 Å². The van der Waals surface area contributed by atoms with Gasteiger partial charge in [0.25, 0.3) is 5.89 Å². The first-order valence-electron chi connectivity index (χ1n) is 3.75. The van der Waals surface area contributed by atoms with Crippen molar-refractivity contribution in [1.82, 2.24) is 20.2 Å². The van der Waals surface area contributed by atoms with E-state index in [-0.39, 0.29) is 5.95 Å². The van der Waals surface area contributed by atoms with Crippen molar-refractivity contribution in [1.29, 1.82) is 0 Å². The van der Waals surface area contributed by atoms with E-state index in [4.69, 9.17) is 14.9 Å². The van der Waals surface area contributed by atoms with Gasteiger partial charge in [0.1, 0.15) is 6.20 Å². The number of aromatic nitrogens is 4. The minimum absolute atomic E-state index is 0.104. The lowest BCUT2D eigenvalue weighted by Crippen LogP contribution is -1.97. The molecule has 72 valence electrons. The molecule has 7 heteroatoms. The number of nitrogens with two attached hydrogens (primary N) is 1. The van der Waals surface area contributed by atoms with Crippen molar-refractivity contribution >= 4 is 5.95 Å². The maximum Gasteiger partial charge on any atom is 0.305 e. The van der Waals surface area contributed by atoms with Crippen LogP contribution in [0.4, 0.5) is 5.95 Å². The SMILES string of the molecule is COc1cnc(-c2cnc(N)nn2)o1. The lowest BCUT2D eigenvalue weighted by atomic mass is 10.5. The van der Waals surface area contributed by atoms with Crippen LogP contribution in [0, 0.1) is 0 Å². The highest BCUT2D eigenvalue weighted by atomic mass is 16.6. The Bertz CT molecular complexity index is 424. The molecule has 0 radical (unpaired) electrons. The van der Waals surface area contributed by atoms with Crippen LogP contribution in [-0.4, -0.2) is 27.3 Å². The number of nitrogen functional groups attached to an aromatic ring is 1. The zero-order chi connectivity index (χ0) is 9.97. The van der Waals surface area contributed by atoms with Gasteiger partial charge in [0, 0.05) is 0 Å². The summed E-state index contributed by atoms with van der Waals surface area (Å²) >= 11 is 0. The van der Waals surface area contributed by atoms with Crippen molar-refractivity contribution in [3.8, 4) is 17.5 Å². The van der Waals surface area contributed by atoms with E-state index in [1.165, 1.54) is 19.5 Å². The largest absolute Gasteiger partial charge is 0.467 e. The van der Waals surface area contributed by atoms with Crippen LogP contribution in [0.25, 0.3) is 11.6 Å². The summed E-state index contributed by atoms with van der Waals surface area (Å²) < 4.78 is 9.96. The predicted octanol–water partition coefficient (Wildman–Crippen LogP) is 0.117. The average molecular weight is 193 g/mol. The van der Waals surface area contributed by atoms with Crippen LogP contribution in [0.5, 0.6) is 5.95 Å². The maximum absolute atomic E-state index is 5.28. The quantitative estimate of drug-likeness (QED) is 0.722. The Hall–Kier alpha value is -2.18. The molecular weight excluding hydrogens is 186 g/mol. The molecule has 0 saturated carbocycles. The van der Waals surface area contributed by atoms with Gasteiger partial charge in [-0.3, -0.25) is 0 Å². The normalized spacial score (nSPS) is 10.1. The average Bonchev–Trinajstić information content (AvgIpc) is 2.67. The molecule has 0 aromatic carbocycles. The number of methoxy groups -OCH3 is 1. The standard InChI is InChI=1S/C7H7N5O2/c1-13-5-3-9-6(14-5)4-2-10-7(8)12-11-4/h2-3H,1H3,(H2,8,10,12). The molecule has 0 aliphatic heterocycles. The summed E-state index contributed by atoms with van der Waals surface area (Å²) in [5.41, 5.74) is 5.68. The highest BCUT2D eigenvalue weighted by Gasteiger charge is 2.08. The van der Waals surface area contributed by atoms with Crippen molar-refractivity contribution in [3.05, 3.63) is 12.4 Å². The molecule has 0 bridgehead atoms. The van der Waals surface area contributed by atoms with Crippen LogP contribution in [0.2, 0.25) is 0 Å². The first kappa shape index (κ1) is 8.42. The first-order chi connectivity index (χ1) is 6.79. The third-order valence-corrected chi connectivity index (χ3v) is 1.48. The Kier molecular flexibility index (Phi) is 1.98. The van der Waals surface area contributed by atoms with Crippen LogP contribution in [0.3, 0.4) is 0 Å². The fraction of sp³-hybridized carbons (Fsp3) is 0.143. The molecule has 0 saturated heterocycles. The molecule has 14 heavy (non-hydrogen) atoms. The minimum Gasteiger partial charge on any atom is -0.467 e. The lowest BCUT2D eigenvalue weighted by molar-refractivity contribution is 0.308. The number of hydrogen-bond donors (Lipinski definition) is 1. The molecule has 0 fully saturated rings. The molecule has 0 unspecified atom stereocenters. The third kappa shape index (κ3) is 1.47. The number of oxazole rings is 1. The van der Waals surface area contributed by atoms with Gasteiger partial charge in [0.05, 0.1) is 13.3 Å². The summed E-state index contributed by atoms with van der Waals surface area (Å²) in [6.45, 7) is 0. The van der Waals surface area contributed by atoms with Gasteiger partial charge in [0.2, 0.25) is 5.95 Å². The molecule has 0 aliphatic rings. The van der Waals surface area contributed by atoms with Gasteiger partial charge in [-0.05, 0) is 0 Å². The Labute approximate surface area is 78.9 Å². The van der Waals surface area contributed by atoms with Crippen LogP contribution >= 0.6 is 0 Å². The number of anilines is 1. The van der Waals surface area contributed by atoms with Gasteiger partial charge in [-0.25, -0.2) is 9.97 Å². The van der Waals surface area contributed by atoms with Gasteiger partial charge in [-0.2, -0.15) is 0 Å². The zero-order valence-corrected chi connectivity index (χ0v) is 7.34. The molecule has 0 atom stereocenters. The monoisotopic (exact) mass is 193 g/mol. The summed E-state index contributed by atoms with van der Waals surface area (Å²) in [7, 11) is 1.48. The second-order valence-corrected chi connectivity index (χ2v) is 2.39. The molecule has 0 amide bonds. The minimum atomic E-state index is 0.104. The summed E-state index contributed by atoms with van der Waals surface area (Å²) in [4.78, 5) is 7.67. The molecule has 0 spiro atoms. The number of rotatable bonds is 2. The van der Waals surface area contributed by atoms with Crippen molar-refractivity contribution in [2.75, 3.05) is 12.8 Å². The van der Waals surface area contributed by atoms with Crippen molar-refractivity contribution in [2.24, 2.45) is 0 Å². The molecule has 2 rings (SSSR count). The molecule has 2 heterocycles. The molecule has 2 N–H and O–H groups in total. The van der Waals surface area contributed by atoms with E-state index in [9.17, 15) is 0 Å². The number of nitrogens with zero attached hydrogens (tertiary/aromatic N) is 4. The van der Waals surface area contributed by atoms with Gasteiger partial charge >= 0.3 is 5.95 Å². The predicted molar refractivity (Wildman–Crippen MR) is 46.3 cm³/mol. The molecule has 7 nitrogen and oxygen atoms in total. The Morgan fingerprint density at radius 3 is 2.71 bits per heavy atom.